The van der Waals surface area contributed by atoms with Gasteiger partial charge in [-0.15, -0.1) is 0 Å². The molecule has 28 heavy (non-hydrogen) atoms. The van der Waals surface area contributed by atoms with E-state index in [1.807, 2.05) is 18.2 Å². The molecule has 0 aliphatic rings. The van der Waals surface area contributed by atoms with Crippen molar-refractivity contribution in [1.29, 1.82) is 0 Å². The lowest BCUT2D eigenvalue weighted by molar-refractivity contribution is -0.698. The molecule has 0 aliphatic heterocycles. The molecule has 0 spiro atoms. The zero-order valence-corrected chi connectivity index (χ0v) is 18.4. The second-order valence-corrected chi connectivity index (χ2v) is 7.05. The van der Waals surface area contributed by atoms with Gasteiger partial charge < -0.3 is 26.3 Å². The summed E-state index contributed by atoms with van der Waals surface area (Å²) in [6.45, 7) is 9.25. The summed E-state index contributed by atoms with van der Waals surface area (Å²) < 4.78 is 10.9. The van der Waals surface area contributed by atoms with Crippen molar-refractivity contribution in [3.63, 3.8) is 0 Å². The number of hydrogen-bond donors (Lipinski definition) is 0. The highest BCUT2D eigenvalue weighted by molar-refractivity contribution is 6.08. The van der Waals surface area contributed by atoms with E-state index in [4.69, 9.17) is 4.74 Å². The maximum Gasteiger partial charge on any atom is 0.202 e. The van der Waals surface area contributed by atoms with Crippen molar-refractivity contribution in [3.8, 4) is 5.75 Å². The molecule has 0 saturated heterocycles. The van der Waals surface area contributed by atoms with Gasteiger partial charge in [0.05, 0.1) is 5.52 Å². The van der Waals surface area contributed by atoms with Crippen molar-refractivity contribution in [1.82, 2.24) is 4.57 Å². The lowest BCUT2D eigenvalue weighted by Gasteiger charge is -2.09. The normalized spacial score (nSPS) is 11.0. The fraction of sp³-hybridized carbons (Fsp3) is 0.292. The van der Waals surface area contributed by atoms with Gasteiger partial charge in [-0.1, -0.05) is 37.3 Å². The van der Waals surface area contributed by atoms with Gasteiger partial charge in [-0.05, 0) is 31.0 Å². The number of nitrogens with zero attached hydrogens (tertiary/aromatic N) is 2. The predicted octanol–water partition coefficient (Wildman–Crippen LogP) is 2.40. The molecule has 0 radical (unpaired) electrons. The Morgan fingerprint density at radius 1 is 0.964 bits per heavy atom. The minimum absolute atomic E-state index is 0. The number of aromatic nitrogens is 2. The standard InChI is InChI=1S/C24H27N2O.BrH/c1-4-14-26-23-16-20(27-17-19-9-7-6-8-10-19)11-12-21(23)22-13-15-25(5-2)18(3)24(22)26;/h6-13,15-16H,4-5,14,17H2,1-3H3;1H/q+1;/p-1. The van der Waals surface area contributed by atoms with Crippen molar-refractivity contribution in [2.24, 2.45) is 0 Å². The minimum Gasteiger partial charge on any atom is -1.00 e. The number of hydrogen-bond acceptors (Lipinski definition) is 1. The van der Waals surface area contributed by atoms with E-state index in [-0.39, 0.29) is 17.0 Å². The molecule has 3 nitrogen and oxygen atoms in total. The van der Waals surface area contributed by atoms with Crippen LogP contribution in [0.3, 0.4) is 0 Å². The molecule has 4 rings (SSSR count). The third kappa shape index (κ3) is 3.66. The molecule has 0 amide bonds. The van der Waals surface area contributed by atoms with Gasteiger partial charge in [-0.25, -0.2) is 4.57 Å². The highest BCUT2D eigenvalue weighted by Crippen LogP contribution is 2.32. The number of halogens is 1. The lowest BCUT2D eigenvalue weighted by atomic mass is 10.1. The fourth-order valence-corrected chi connectivity index (χ4v) is 3.96. The first-order valence-corrected chi connectivity index (χ1v) is 9.84. The van der Waals surface area contributed by atoms with Crippen LogP contribution in [0, 0.1) is 6.92 Å². The monoisotopic (exact) mass is 438 g/mol. The van der Waals surface area contributed by atoms with Crippen LogP contribution in [-0.4, -0.2) is 4.57 Å². The molecular formula is C24H27BrN2O. The second-order valence-electron chi connectivity index (χ2n) is 7.05. The topological polar surface area (TPSA) is 18.0 Å². The van der Waals surface area contributed by atoms with Gasteiger partial charge in [-0.2, -0.15) is 0 Å². The Labute approximate surface area is 177 Å². The van der Waals surface area contributed by atoms with Crippen molar-refractivity contribution in [2.45, 2.75) is 46.9 Å². The van der Waals surface area contributed by atoms with E-state index in [0.717, 1.165) is 25.3 Å². The van der Waals surface area contributed by atoms with Crippen LogP contribution in [0.2, 0.25) is 0 Å². The number of aryl methyl sites for hydroxylation is 3. The first-order chi connectivity index (χ1) is 13.2. The average molecular weight is 439 g/mol. The third-order valence-corrected chi connectivity index (χ3v) is 5.31. The highest BCUT2D eigenvalue weighted by Gasteiger charge is 2.18. The Hall–Kier alpha value is -2.33. The number of pyridine rings is 1. The van der Waals surface area contributed by atoms with E-state index >= 15 is 0 Å². The molecule has 146 valence electrons. The molecule has 2 heterocycles. The Balaban J connectivity index is 0.00000225. The van der Waals surface area contributed by atoms with Gasteiger partial charge in [0, 0.05) is 36.4 Å². The maximum absolute atomic E-state index is 6.09. The van der Waals surface area contributed by atoms with E-state index in [0.29, 0.717) is 6.61 Å². The Bertz CT molecular complexity index is 1090. The summed E-state index contributed by atoms with van der Waals surface area (Å²) >= 11 is 0. The Kier molecular flexibility index (Phi) is 6.40. The number of ether oxygens (including phenoxy) is 1. The van der Waals surface area contributed by atoms with E-state index in [9.17, 15) is 0 Å². The summed E-state index contributed by atoms with van der Waals surface area (Å²) in [5.74, 6) is 0.924. The van der Waals surface area contributed by atoms with Crippen LogP contribution in [0.5, 0.6) is 5.75 Å². The first-order valence-electron chi connectivity index (χ1n) is 9.84. The summed E-state index contributed by atoms with van der Waals surface area (Å²) in [6.07, 6.45) is 3.31. The average Bonchev–Trinajstić information content (AvgIpc) is 3.02. The molecule has 4 heteroatoms. The predicted molar refractivity (Wildman–Crippen MR) is 111 cm³/mol. The molecule has 0 fully saturated rings. The summed E-state index contributed by atoms with van der Waals surface area (Å²) in [4.78, 5) is 0. The van der Waals surface area contributed by atoms with Crippen molar-refractivity contribution < 1.29 is 26.3 Å². The number of rotatable bonds is 6. The Morgan fingerprint density at radius 2 is 1.75 bits per heavy atom. The third-order valence-electron chi connectivity index (χ3n) is 5.31. The van der Waals surface area contributed by atoms with Crippen LogP contribution in [0.25, 0.3) is 21.8 Å². The van der Waals surface area contributed by atoms with Gasteiger partial charge in [0.2, 0.25) is 5.69 Å². The van der Waals surface area contributed by atoms with Crippen LogP contribution < -0.4 is 26.3 Å². The van der Waals surface area contributed by atoms with E-state index in [2.05, 4.69) is 72.5 Å². The molecule has 0 aliphatic carbocycles. The van der Waals surface area contributed by atoms with E-state index in [1.54, 1.807) is 0 Å². The Morgan fingerprint density at radius 3 is 2.46 bits per heavy atom. The summed E-state index contributed by atoms with van der Waals surface area (Å²) in [5.41, 5.74) is 5.11. The van der Waals surface area contributed by atoms with Gasteiger partial charge in [0.1, 0.15) is 24.4 Å². The first kappa shape index (κ1) is 20.4. The summed E-state index contributed by atoms with van der Waals surface area (Å²) in [5, 5.41) is 2.63. The molecule has 0 unspecified atom stereocenters. The van der Waals surface area contributed by atoms with Crippen LogP contribution >= 0.6 is 0 Å². The van der Waals surface area contributed by atoms with Crippen LogP contribution in [-0.2, 0) is 19.7 Å². The molecule has 4 aromatic rings. The van der Waals surface area contributed by atoms with Gasteiger partial charge in [-0.3, -0.25) is 0 Å². The summed E-state index contributed by atoms with van der Waals surface area (Å²) in [7, 11) is 0. The zero-order valence-electron chi connectivity index (χ0n) is 16.8. The highest BCUT2D eigenvalue weighted by atomic mass is 79.9. The summed E-state index contributed by atoms with van der Waals surface area (Å²) in [6, 6.07) is 19.1. The van der Waals surface area contributed by atoms with Crippen LogP contribution in [0.4, 0.5) is 0 Å². The molecule has 0 saturated carbocycles. The molecule has 2 aromatic heterocycles. The second kappa shape index (κ2) is 8.78. The molecule has 0 bridgehead atoms. The SMILES string of the molecule is CCCn1c2cc(OCc3ccccc3)ccc2c2cc[n+](CC)c(C)c21.[Br-]. The van der Waals surface area contributed by atoms with Crippen LogP contribution in [0.15, 0.2) is 60.8 Å². The van der Waals surface area contributed by atoms with Crippen molar-refractivity contribution in [3.05, 3.63) is 72.1 Å². The molecule has 0 atom stereocenters. The molecule has 2 aromatic carbocycles. The molecule has 0 N–H and O–H groups in total. The van der Waals surface area contributed by atoms with Gasteiger partial charge >= 0.3 is 0 Å². The minimum atomic E-state index is 0. The zero-order chi connectivity index (χ0) is 18.8. The lowest BCUT2D eigenvalue weighted by Crippen LogP contribution is -3.00. The van der Waals surface area contributed by atoms with Crippen LogP contribution in [0.1, 0.15) is 31.5 Å². The maximum atomic E-state index is 6.09. The van der Waals surface area contributed by atoms with Gasteiger partial charge in [0.15, 0.2) is 6.20 Å². The number of fused-ring (bicyclic) bond motifs is 3. The fourth-order valence-electron chi connectivity index (χ4n) is 3.96. The van der Waals surface area contributed by atoms with Crippen molar-refractivity contribution in [2.75, 3.05) is 0 Å². The van der Waals surface area contributed by atoms with Crippen molar-refractivity contribution >= 4 is 21.8 Å². The van der Waals surface area contributed by atoms with E-state index < -0.39 is 0 Å². The largest absolute Gasteiger partial charge is 1.00 e. The van der Waals surface area contributed by atoms with E-state index in [1.165, 1.54) is 33.1 Å². The molecular weight excluding hydrogens is 412 g/mol. The quantitative estimate of drug-likeness (QED) is 0.422. The number of benzene rings is 2. The van der Waals surface area contributed by atoms with Gasteiger partial charge in [0.25, 0.3) is 0 Å². The smallest absolute Gasteiger partial charge is 0.202 e.